The van der Waals surface area contributed by atoms with Crippen molar-refractivity contribution in [3.8, 4) is 17.2 Å². The SMILES string of the molecule is COc1cc(CN=C2NC(c3ccccc3)C(c3ccccc3)N2)cc(OC)c1OC. The maximum absolute atomic E-state index is 5.46. The highest BCUT2D eigenvalue weighted by Gasteiger charge is 2.32. The monoisotopic (exact) mass is 417 g/mol. The topological polar surface area (TPSA) is 64.1 Å². The predicted octanol–water partition coefficient (Wildman–Crippen LogP) is 4.24. The number of hydrogen-bond acceptors (Lipinski definition) is 4. The van der Waals surface area contributed by atoms with Crippen LogP contribution in [-0.2, 0) is 6.54 Å². The van der Waals surface area contributed by atoms with Crippen LogP contribution in [0.5, 0.6) is 17.2 Å². The van der Waals surface area contributed by atoms with Crippen molar-refractivity contribution < 1.29 is 14.2 Å². The Balaban J connectivity index is 1.60. The van der Waals surface area contributed by atoms with Gasteiger partial charge in [0.25, 0.3) is 0 Å². The fourth-order valence-electron chi connectivity index (χ4n) is 3.86. The van der Waals surface area contributed by atoms with E-state index in [-0.39, 0.29) is 12.1 Å². The Hall–Kier alpha value is -3.67. The second-order valence-electron chi connectivity index (χ2n) is 7.26. The first kappa shape index (κ1) is 20.6. The molecule has 1 saturated heterocycles. The highest BCUT2D eigenvalue weighted by molar-refractivity contribution is 5.83. The molecule has 0 radical (unpaired) electrons. The van der Waals surface area contributed by atoms with Crippen molar-refractivity contribution >= 4 is 5.96 Å². The van der Waals surface area contributed by atoms with Crippen LogP contribution in [0.25, 0.3) is 0 Å². The van der Waals surface area contributed by atoms with E-state index in [1.165, 1.54) is 11.1 Å². The van der Waals surface area contributed by atoms with E-state index in [4.69, 9.17) is 19.2 Å². The van der Waals surface area contributed by atoms with E-state index >= 15 is 0 Å². The second kappa shape index (κ2) is 9.43. The smallest absolute Gasteiger partial charge is 0.203 e. The molecule has 6 heteroatoms. The fraction of sp³-hybridized carbons (Fsp3) is 0.240. The van der Waals surface area contributed by atoms with Crippen molar-refractivity contribution in [1.82, 2.24) is 10.6 Å². The Bertz CT molecular complexity index is 964. The van der Waals surface area contributed by atoms with Crippen molar-refractivity contribution in [2.24, 2.45) is 4.99 Å². The number of ether oxygens (including phenoxy) is 3. The molecule has 0 saturated carbocycles. The molecule has 3 aromatic carbocycles. The molecular formula is C25H27N3O3. The van der Waals surface area contributed by atoms with Gasteiger partial charge in [0.2, 0.25) is 5.75 Å². The first-order chi connectivity index (χ1) is 15.2. The molecule has 1 aliphatic heterocycles. The van der Waals surface area contributed by atoms with Gasteiger partial charge in [-0.3, -0.25) is 0 Å². The zero-order valence-electron chi connectivity index (χ0n) is 18.0. The van der Waals surface area contributed by atoms with Gasteiger partial charge in [-0.15, -0.1) is 0 Å². The van der Waals surface area contributed by atoms with Gasteiger partial charge in [0, 0.05) is 0 Å². The molecule has 0 amide bonds. The van der Waals surface area contributed by atoms with Crippen LogP contribution < -0.4 is 24.8 Å². The zero-order chi connectivity index (χ0) is 21.6. The number of benzene rings is 3. The summed E-state index contributed by atoms with van der Waals surface area (Å²) in [5.41, 5.74) is 3.38. The minimum absolute atomic E-state index is 0.0855. The number of nitrogens with zero attached hydrogens (tertiary/aromatic N) is 1. The summed E-state index contributed by atoms with van der Waals surface area (Å²) in [5.74, 6) is 2.57. The van der Waals surface area contributed by atoms with Crippen LogP contribution >= 0.6 is 0 Å². The van der Waals surface area contributed by atoms with Crippen LogP contribution in [-0.4, -0.2) is 27.3 Å². The number of rotatable bonds is 7. The molecule has 1 fully saturated rings. The first-order valence-electron chi connectivity index (χ1n) is 10.2. The van der Waals surface area contributed by atoms with Gasteiger partial charge in [0.1, 0.15) is 0 Å². The van der Waals surface area contributed by atoms with Crippen LogP contribution in [0.3, 0.4) is 0 Å². The largest absolute Gasteiger partial charge is 0.493 e. The standard InChI is InChI=1S/C25H27N3O3/c1-29-20-14-17(15-21(30-2)24(20)31-3)16-26-25-27-22(18-10-6-4-7-11-18)23(28-25)19-12-8-5-9-13-19/h4-15,22-23H,16H2,1-3H3,(H2,26,27,28). The van der Waals surface area contributed by atoms with Crippen LogP contribution in [0.2, 0.25) is 0 Å². The van der Waals surface area contributed by atoms with E-state index in [1.807, 2.05) is 24.3 Å². The Kier molecular flexibility index (Phi) is 6.26. The quantitative estimate of drug-likeness (QED) is 0.602. The maximum atomic E-state index is 5.46. The van der Waals surface area contributed by atoms with Gasteiger partial charge in [-0.1, -0.05) is 60.7 Å². The lowest BCUT2D eigenvalue weighted by Gasteiger charge is -2.19. The highest BCUT2D eigenvalue weighted by Crippen LogP contribution is 2.38. The van der Waals surface area contributed by atoms with E-state index in [9.17, 15) is 0 Å². The summed E-state index contributed by atoms with van der Waals surface area (Å²) in [6, 6.07) is 24.9. The molecule has 6 nitrogen and oxygen atoms in total. The lowest BCUT2D eigenvalue weighted by molar-refractivity contribution is 0.324. The van der Waals surface area contributed by atoms with E-state index < -0.39 is 0 Å². The molecule has 160 valence electrons. The van der Waals surface area contributed by atoms with Gasteiger partial charge < -0.3 is 24.8 Å². The number of methoxy groups -OCH3 is 3. The molecule has 0 bridgehead atoms. The molecule has 4 rings (SSSR count). The molecule has 3 aromatic rings. The van der Waals surface area contributed by atoms with E-state index in [0.717, 1.165) is 11.5 Å². The number of nitrogens with one attached hydrogen (secondary N) is 2. The van der Waals surface area contributed by atoms with Crippen molar-refractivity contribution in [2.75, 3.05) is 21.3 Å². The van der Waals surface area contributed by atoms with Crippen LogP contribution in [0.4, 0.5) is 0 Å². The van der Waals surface area contributed by atoms with Gasteiger partial charge in [-0.25, -0.2) is 4.99 Å². The fourth-order valence-corrected chi connectivity index (χ4v) is 3.86. The number of hydrogen-bond donors (Lipinski definition) is 2. The highest BCUT2D eigenvalue weighted by atomic mass is 16.5. The van der Waals surface area contributed by atoms with Crippen molar-refractivity contribution in [1.29, 1.82) is 0 Å². The summed E-state index contributed by atoms with van der Waals surface area (Å²) in [7, 11) is 4.82. The number of aliphatic imine (C=N–C) groups is 1. The maximum Gasteiger partial charge on any atom is 0.203 e. The third-order valence-electron chi connectivity index (χ3n) is 5.38. The summed E-state index contributed by atoms with van der Waals surface area (Å²) in [4.78, 5) is 4.79. The summed E-state index contributed by atoms with van der Waals surface area (Å²) in [5, 5.41) is 7.12. The molecule has 0 aliphatic carbocycles. The normalized spacial score (nSPS) is 17.5. The van der Waals surface area contributed by atoms with Crippen LogP contribution in [0.1, 0.15) is 28.8 Å². The average molecular weight is 418 g/mol. The van der Waals surface area contributed by atoms with Gasteiger partial charge in [0.05, 0.1) is 40.0 Å². The summed E-state index contributed by atoms with van der Waals surface area (Å²) in [6.07, 6.45) is 0. The van der Waals surface area contributed by atoms with Gasteiger partial charge in [0.15, 0.2) is 17.5 Å². The Labute approximate surface area is 182 Å². The Morgan fingerprint density at radius 1 is 0.710 bits per heavy atom. The number of guanidine groups is 1. The summed E-state index contributed by atoms with van der Waals surface area (Å²) in [6.45, 7) is 0.467. The zero-order valence-corrected chi connectivity index (χ0v) is 18.0. The molecule has 2 unspecified atom stereocenters. The average Bonchev–Trinajstić information content (AvgIpc) is 3.27. The molecule has 0 aromatic heterocycles. The minimum Gasteiger partial charge on any atom is -0.493 e. The third-order valence-corrected chi connectivity index (χ3v) is 5.38. The van der Waals surface area contributed by atoms with Crippen LogP contribution in [0, 0.1) is 0 Å². The Morgan fingerprint density at radius 3 is 1.61 bits per heavy atom. The third kappa shape index (κ3) is 4.43. The van der Waals surface area contributed by atoms with Crippen molar-refractivity contribution in [3.63, 3.8) is 0 Å². The summed E-state index contributed by atoms with van der Waals surface area (Å²) < 4.78 is 16.3. The molecule has 1 heterocycles. The van der Waals surface area contributed by atoms with Crippen molar-refractivity contribution in [2.45, 2.75) is 18.6 Å². The van der Waals surface area contributed by atoms with E-state index in [2.05, 4.69) is 59.2 Å². The minimum atomic E-state index is 0.0855. The lowest BCUT2D eigenvalue weighted by atomic mass is 9.95. The molecular weight excluding hydrogens is 390 g/mol. The van der Waals surface area contributed by atoms with Crippen molar-refractivity contribution in [3.05, 3.63) is 89.5 Å². The summed E-state index contributed by atoms with van der Waals surface area (Å²) >= 11 is 0. The van der Waals surface area contributed by atoms with E-state index in [1.54, 1.807) is 21.3 Å². The van der Waals surface area contributed by atoms with Gasteiger partial charge in [-0.2, -0.15) is 0 Å². The lowest BCUT2D eigenvalue weighted by Crippen LogP contribution is -2.25. The van der Waals surface area contributed by atoms with Gasteiger partial charge in [-0.05, 0) is 28.8 Å². The first-order valence-corrected chi connectivity index (χ1v) is 10.2. The molecule has 0 spiro atoms. The molecule has 2 atom stereocenters. The van der Waals surface area contributed by atoms with Crippen LogP contribution in [0.15, 0.2) is 77.8 Å². The van der Waals surface area contributed by atoms with E-state index in [0.29, 0.717) is 23.8 Å². The predicted molar refractivity (Wildman–Crippen MR) is 122 cm³/mol. The molecule has 31 heavy (non-hydrogen) atoms. The Morgan fingerprint density at radius 2 is 1.19 bits per heavy atom. The second-order valence-corrected chi connectivity index (χ2v) is 7.26. The van der Waals surface area contributed by atoms with Gasteiger partial charge >= 0.3 is 0 Å². The molecule has 1 aliphatic rings. The molecule has 2 N–H and O–H groups in total.